The molecule has 214 valence electrons. The molecule has 11 heteroatoms. The number of ether oxygens (including phenoxy) is 1. The fourth-order valence-corrected chi connectivity index (χ4v) is 5.80. The van der Waals surface area contributed by atoms with Crippen molar-refractivity contribution in [2.24, 2.45) is 0 Å². The van der Waals surface area contributed by atoms with E-state index in [1.807, 2.05) is 20.8 Å². The van der Waals surface area contributed by atoms with Crippen LogP contribution in [0.3, 0.4) is 0 Å². The first kappa shape index (κ1) is 31.3. The van der Waals surface area contributed by atoms with Gasteiger partial charge in [0.05, 0.1) is 22.7 Å². The van der Waals surface area contributed by atoms with E-state index in [1.165, 1.54) is 42.3 Å². The zero-order valence-corrected chi connectivity index (χ0v) is 25.3. The van der Waals surface area contributed by atoms with Gasteiger partial charge in [-0.3, -0.25) is 13.9 Å². The second-order valence-corrected chi connectivity index (χ2v) is 12.8. The van der Waals surface area contributed by atoms with Crippen LogP contribution in [0.1, 0.15) is 33.3 Å². The van der Waals surface area contributed by atoms with E-state index in [9.17, 15) is 18.0 Å². The third-order valence-electron chi connectivity index (χ3n) is 6.00. The number of anilines is 1. The molecule has 0 heterocycles. The summed E-state index contributed by atoms with van der Waals surface area (Å²) in [5.41, 5.74) is 0.220. The second kappa shape index (κ2) is 12.9. The Kier molecular flexibility index (Phi) is 10.1. The topological polar surface area (TPSA) is 96.0 Å². The predicted molar refractivity (Wildman–Crippen MR) is 158 cm³/mol. The third-order valence-corrected chi connectivity index (χ3v) is 8.45. The maximum Gasteiger partial charge on any atom is 0.264 e. The van der Waals surface area contributed by atoms with Crippen molar-refractivity contribution in [1.29, 1.82) is 0 Å². The molecular formula is C29H33Cl2N3O5S. The zero-order valence-electron chi connectivity index (χ0n) is 23.0. The average molecular weight is 607 g/mol. The van der Waals surface area contributed by atoms with Gasteiger partial charge in [0.2, 0.25) is 11.8 Å². The maximum atomic E-state index is 14.0. The highest BCUT2D eigenvalue weighted by Gasteiger charge is 2.33. The van der Waals surface area contributed by atoms with Gasteiger partial charge in [0.15, 0.2) is 0 Å². The van der Waals surface area contributed by atoms with Crippen molar-refractivity contribution in [2.45, 2.75) is 50.7 Å². The number of methoxy groups -OCH3 is 1. The molecule has 1 atom stereocenters. The number of amides is 2. The lowest BCUT2D eigenvalue weighted by Crippen LogP contribution is -2.54. The summed E-state index contributed by atoms with van der Waals surface area (Å²) in [4.78, 5) is 28.5. The number of rotatable bonds is 10. The largest absolute Gasteiger partial charge is 0.495 e. The summed E-state index contributed by atoms with van der Waals surface area (Å²) in [7, 11) is -2.77. The standard InChI is InChI=1S/C29H33Cl2N3O5S/c1-20(28(36)32-29(2,3)4)33(18-21-11-9-10-14-24(21)30)27(35)19-34(22-15-16-26(39-5)25(31)17-22)40(37,38)23-12-7-6-8-13-23/h6-17,20H,18-19H2,1-5H3,(H,32,36). The third kappa shape index (κ3) is 7.68. The zero-order chi connectivity index (χ0) is 29.7. The molecule has 3 aromatic rings. The lowest BCUT2D eigenvalue weighted by atomic mass is 10.1. The normalized spacial score (nSPS) is 12.4. The Morgan fingerprint density at radius 2 is 1.57 bits per heavy atom. The molecule has 0 bridgehead atoms. The van der Waals surface area contributed by atoms with Gasteiger partial charge in [-0.05, 0) is 69.7 Å². The maximum absolute atomic E-state index is 14.0. The first-order valence-corrected chi connectivity index (χ1v) is 14.7. The van der Waals surface area contributed by atoms with Gasteiger partial charge >= 0.3 is 0 Å². The van der Waals surface area contributed by atoms with Crippen LogP contribution < -0.4 is 14.4 Å². The number of benzene rings is 3. The molecule has 0 aliphatic carbocycles. The second-order valence-electron chi connectivity index (χ2n) is 10.2. The molecule has 0 saturated heterocycles. The molecule has 0 aliphatic heterocycles. The van der Waals surface area contributed by atoms with Gasteiger partial charge in [-0.15, -0.1) is 0 Å². The highest BCUT2D eigenvalue weighted by molar-refractivity contribution is 7.92. The summed E-state index contributed by atoms with van der Waals surface area (Å²) in [6, 6.07) is 18.2. The molecule has 2 amide bonds. The Bertz CT molecular complexity index is 1460. The van der Waals surface area contributed by atoms with Crippen molar-refractivity contribution >= 4 is 50.7 Å². The monoisotopic (exact) mass is 605 g/mol. The number of hydrogen-bond acceptors (Lipinski definition) is 5. The van der Waals surface area contributed by atoms with Gasteiger partial charge in [-0.2, -0.15) is 0 Å². The highest BCUT2D eigenvalue weighted by atomic mass is 35.5. The van der Waals surface area contributed by atoms with Crippen molar-refractivity contribution in [2.75, 3.05) is 18.0 Å². The first-order valence-electron chi connectivity index (χ1n) is 12.5. The van der Waals surface area contributed by atoms with E-state index in [2.05, 4.69) is 5.32 Å². The van der Waals surface area contributed by atoms with Gasteiger partial charge in [-0.25, -0.2) is 8.42 Å². The minimum absolute atomic E-state index is 0.00841. The molecule has 1 unspecified atom stereocenters. The molecule has 3 rings (SSSR count). The first-order chi connectivity index (χ1) is 18.7. The van der Waals surface area contributed by atoms with E-state index in [1.54, 1.807) is 49.4 Å². The lowest BCUT2D eigenvalue weighted by Gasteiger charge is -2.33. The van der Waals surface area contributed by atoms with Crippen LogP contribution in [0.4, 0.5) is 5.69 Å². The number of carbonyl (C=O) groups excluding carboxylic acids is 2. The van der Waals surface area contributed by atoms with Gasteiger partial charge < -0.3 is 15.0 Å². The Morgan fingerprint density at radius 3 is 2.15 bits per heavy atom. The molecular weight excluding hydrogens is 573 g/mol. The Balaban J connectivity index is 2.07. The molecule has 1 N–H and O–H groups in total. The highest BCUT2D eigenvalue weighted by Crippen LogP contribution is 2.32. The minimum Gasteiger partial charge on any atom is -0.495 e. The Hall–Kier alpha value is -3.27. The van der Waals surface area contributed by atoms with Gasteiger partial charge in [0.1, 0.15) is 18.3 Å². The van der Waals surface area contributed by atoms with Gasteiger partial charge in [-0.1, -0.05) is 59.6 Å². The van der Waals surface area contributed by atoms with Gasteiger partial charge in [0, 0.05) is 17.1 Å². The van der Waals surface area contributed by atoms with E-state index < -0.39 is 40.0 Å². The lowest BCUT2D eigenvalue weighted by molar-refractivity contribution is -0.140. The molecule has 0 radical (unpaired) electrons. The molecule has 0 spiro atoms. The molecule has 0 aliphatic rings. The number of nitrogens with one attached hydrogen (secondary N) is 1. The molecule has 0 saturated carbocycles. The van der Waals surface area contributed by atoms with E-state index >= 15 is 0 Å². The van der Waals surface area contributed by atoms with Crippen LogP contribution in [0.25, 0.3) is 0 Å². The molecule has 3 aromatic carbocycles. The molecule has 0 fully saturated rings. The number of halogens is 2. The summed E-state index contributed by atoms with van der Waals surface area (Å²) in [5.74, 6) is -0.651. The summed E-state index contributed by atoms with van der Waals surface area (Å²) < 4.78 is 33.9. The van der Waals surface area contributed by atoms with Crippen molar-refractivity contribution in [3.63, 3.8) is 0 Å². The average Bonchev–Trinajstić information content (AvgIpc) is 2.90. The van der Waals surface area contributed by atoms with Crippen LogP contribution in [0.5, 0.6) is 5.75 Å². The van der Waals surface area contributed by atoms with E-state index in [-0.39, 0.29) is 22.2 Å². The minimum atomic E-state index is -4.22. The number of hydrogen-bond donors (Lipinski definition) is 1. The Labute approximate surface area is 245 Å². The fourth-order valence-electron chi connectivity index (χ4n) is 3.93. The Morgan fingerprint density at radius 1 is 0.950 bits per heavy atom. The number of nitrogens with zero attached hydrogens (tertiary/aromatic N) is 2. The van der Waals surface area contributed by atoms with Crippen molar-refractivity contribution < 1.29 is 22.7 Å². The predicted octanol–water partition coefficient (Wildman–Crippen LogP) is 5.53. The summed E-state index contributed by atoms with van der Waals surface area (Å²) in [5, 5.41) is 3.48. The van der Waals surface area contributed by atoms with Gasteiger partial charge in [0.25, 0.3) is 10.0 Å². The van der Waals surface area contributed by atoms with Crippen molar-refractivity contribution in [1.82, 2.24) is 10.2 Å². The molecule has 8 nitrogen and oxygen atoms in total. The summed E-state index contributed by atoms with van der Waals surface area (Å²) in [6.07, 6.45) is 0. The number of carbonyl (C=O) groups is 2. The number of sulfonamides is 1. The van der Waals surface area contributed by atoms with Crippen molar-refractivity contribution in [3.8, 4) is 5.75 Å². The molecule has 40 heavy (non-hydrogen) atoms. The van der Waals surface area contributed by atoms with Crippen LogP contribution in [-0.4, -0.2) is 50.4 Å². The fraction of sp³-hybridized carbons (Fsp3) is 0.310. The summed E-state index contributed by atoms with van der Waals surface area (Å²) in [6.45, 7) is 6.48. The van der Waals surface area contributed by atoms with Crippen LogP contribution in [0, 0.1) is 0 Å². The van der Waals surface area contributed by atoms with Crippen LogP contribution in [0.2, 0.25) is 10.0 Å². The van der Waals surface area contributed by atoms with Crippen LogP contribution in [-0.2, 0) is 26.2 Å². The molecule has 0 aromatic heterocycles. The van der Waals surface area contributed by atoms with Crippen molar-refractivity contribution in [3.05, 3.63) is 88.4 Å². The smallest absolute Gasteiger partial charge is 0.264 e. The van der Waals surface area contributed by atoms with E-state index in [0.717, 1.165) is 4.31 Å². The van der Waals surface area contributed by atoms with Crippen LogP contribution in [0.15, 0.2) is 77.7 Å². The SMILES string of the molecule is COc1ccc(N(CC(=O)N(Cc2ccccc2Cl)C(C)C(=O)NC(C)(C)C)S(=O)(=O)c2ccccc2)cc1Cl. The summed E-state index contributed by atoms with van der Waals surface area (Å²) >= 11 is 12.7. The van der Waals surface area contributed by atoms with E-state index in [4.69, 9.17) is 27.9 Å². The van der Waals surface area contributed by atoms with Crippen LogP contribution >= 0.6 is 23.2 Å². The quantitative estimate of drug-likeness (QED) is 0.328. The van der Waals surface area contributed by atoms with E-state index in [0.29, 0.717) is 16.3 Å².